The summed E-state index contributed by atoms with van der Waals surface area (Å²) in [6.07, 6.45) is 0.659. The number of alkyl halides is 3. The van der Waals surface area contributed by atoms with Gasteiger partial charge >= 0.3 is 12.1 Å². The molecule has 0 bridgehead atoms. The van der Waals surface area contributed by atoms with Crippen LogP contribution in [0.15, 0.2) is 6.07 Å². The fourth-order valence-electron chi connectivity index (χ4n) is 4.08. The van der Waals surface area contributed by atoms with Gasteiger partial charge in [-0.05, 0) is 44.4 Å². The van der Waals surface area contributed by atoms with Gasteiger partial charge in [-0.1, -0.05) is 0 Å². The molecule has 8 nitrogen and oxygen atoms in total. The average molecular weight is 443 g/mol. The predicted molar refractivity (Wildman–Crippen MR) is 108 cm³/mol. The molecule has 31 heavy (non-hydrogen) atoms. The van der Waals surface area contributed by atoms with Crippen molar-refractivity contribution in [3.63, 3.8) is 0 Å². The van der Waals surface area contributed by atoms with Crippen LogP contribution < -0.4 is 15.1 Å². The molecule has 1 aromatic heterocycles. The molecule has 0 unspecified atom stereocenters. The highest BCUT2D eigenvalue weighted by Crippen LogP contribution is 2.33. The van der Waals surface area contributed by atoms with E-state index >= 15 is 0 Å². The molecule has 2 N–H and O–H groups in total. The maximum absolute atomic E-state index is 13.3. The minimum atomic E-state index is -4.59. The van der Waals surface area contributed by atoms with Gasteiger partial charge in [0.1, 0.15) is 18.2 Å². The zero-order chi connectivity index (χ0) is 22.4. The van der Waals surface area contributed by atoms with Crippen molar-refractivity contribution in [1.29, 1.82) is 0 Å². The molecular weight excluding hydrogens is 415 g/mol. The summed E-state index contributed by atoms with van der Waals surface area (Å²) in [5.74, 6) is -1.42. The largest absolute Gasteiger partial charge is 0.480 e. The van der Waals surface area contributed by atoms with Crippen LogP contribution in [-0.2, 0) is 15.8 Å². The van der Waals surface area contributed by atoms with Crippen molar-refractivity contribution in [1.82, 2.24) is 15.3 Å². The molecule has 2 saturated heterocycles. The zero-order valence-corrected chi connectivity index (χ0v) is 17.3. The summed E-state index contributed by atoms with van der Waals surface area (Å²) in [5, 5.41) is 10.9. The number of amides is 1. The summed E-state index contributed by atoms with van der Waals surface area (Å²) in [6, 6.07) is 1.66. The van der Waals surface area contributed by atoms with Gasteiger partial charge in [0.2, 0.25) is 11.7 Å². The standard InChI is InChI=1S/C20H28F3N5O3/c21-20(22,23)19-25-15(27-8-1-2-9-27)12-16(26-19)28-10-6-14(7-11-28)4-3-5-17(29)24-13-18(30)31/h12,14H,1-11,13H2,(H,24,29)(H,30,31). The van der Waals surface area contributed by atoms with Crippen LogP contribution in [0.3, 0.4) is 0 Å². The fraction of sp³-hybridized carbons (Fsp3) is 0.700. The number of aromatic nitrogens is 2. The average Bonchev–Trinajstić information content (AvgIpc) is 3.27. The second-order valence-electron chi connectivity index (χ2n) is 8.09. The van der Waals surface area contributed by atoms with Crippen molar-refractivity contribution in [3.05, 3.63) is 11.9 Å². The summed E-state index contributed by atoms with van der Waals surface area (Å²) in [6.45, 7) is 2.23. The van der Waals surface area contributed by atoms with Crippen molar-refractivity contribution in [2.24, 2.45) is 5.92 Å². The summed E-state index contributed by atoms with van der Waals surface area (Å²) in [7, 11) is 0. The van der Waals surface area contributed by atoms with E-state index in [4.69, 9.17) is 5.11 Å². The molecule has 1 aromatic rings. The summed E-state index contributed by atoms with van der Waals surface area (Å²) in [4.78, 5) is 33.4. The fourth-order valence-corrected chi connectivity index (χ4v) is 4.08. The molecule has 0 atom stereocenters. The van der Waals surface area contributed by atoms with E-state index in [0.717, 1.165) is 32.1 Å². The van der Waals surface area contributed by atoms with Crippen LogP contribution in [0.2, 0.25) is 0 Å². The lowest BCUT2D eigenvalue weighted by atomic mass is 9.91. The lowest BCUT2D eigenvalue weighted by Gasteiger charge is -2.33. The SMILES string of the molecule is O=C(O)CNC(=O)CCCC1CCN(c2cc(N3CCCC3)nc(C(F)(F)F)n2)CC1. The van der Waals surface area contributed by atoms with Crippen LogP contribution in [0.25, 0.3) is 0 Å². The number of hydrogen-bond donors (Lipinski definition) is 2. The number of piperidine rings is 1. The number of anilines is 2. The van der Waals surface area contributed by atoms with Crippen molar-refractivity contribution >= 4 is 23.5 Å². The van der Waals surface area contributed by atoms with Gasteiger partial charge in [-0.2, -0.15) is 13.2 Å². The normalized spacial score (nSPS) is 17.8. The second kappa shape index (κ2) is 10.1. The first kappa shape index (κ1) is 23.1. The maximum atomic E-state index is 13.3. The molecular formula is C20H28F3N5O3. The summed E-state index contributed by atoms with van der Waals surface area (Å²) in [5.41, 5.74) is 0. The summed E-state index contributed by atoms with van der Waals surface area (Å²) >= 11 is 0. The number of carboxylic acid groups (broad SMARTS) is 1. The Morgan fingerprint density at radius 2 is 1.65 bits per heavy atom. The number of carbonyl (C=O) groups is 2. The Hall–Kier alpha value is -2.59. The first-order chi connectivity index (χ1) is 14.7. The van der Waals surface area contributed by atoms with E-state index in [2.05, 4.69) is 15.3 Å². The third-order valence-corrected chi connectivity index (χ3v) is 5.77. The van der Waals surface area contributed by atoms with Crippen molar-refractivity contribution < 1.29 is 27.9 Å². The van der Waals surface area contributed by atoms with Gasteiger partial charge in [0.15, 0.2) is 0 Å². The molecule has 1 amide bonds. The first-order valence-corrected chi connectivity index (χ1v) is 10.7. The lowest BCUT2D eigenvalue weighted by Crippen LogP contribution is -2.35. The van der Waals surface area contributed by atoms with Gasteiger partial charge in [0, 0.05) is 38.7 Å². The number of hydrogen-bond acceptors (Lipinski definition) is 6. The van der Waals surface area contributed by atoms with E-state index in [1.54, 1.807) is 6.07 Å². The van der Waals surface area contributed by atoms with Crippen LogP contribution in [0.5, 0.6) is 0 Å². The molecule has 3 rings (SSSR count). The Morgan fingerprint density at radius 1 is 1.06 bits per heavy atom. The van der Waals surface area contributed by atoms with Crippen molar-refractivity contribution in [2.75, 3.05) is 42.5 Å². The number of nitrogens with one attached hydrogen (secondary N) is 1. The van der Waals surface area contributed by atoms with Gasteiger partial charge in [0.25, 0.3) is 0 Å². The first-order valence-electron chi connectivity index (χ1n) is 10.7. The number of halogens is 3. The molecule has 0 saturated carbocycles. The molecule has 2 aliphatic heterocycles. The molecule has 0 spiro atoms. The highest BCUT2D eigenvalue weighted by Gasteiger charge is 2.37. The van der Waals surface area contributed by atoms with E-state index < -0.39 is 18.0 Å². The summed E-state index contributed by atoms with van der Waals surface area (Å²) < 4.78 is 40.0. The van der Waals surface area contributed by atoms with Gasteiger partial charge in [-0.25, -0.2) is 9.97 Å². The molecule has 11 heteroatoms. The van der Waals surface area contributed by atoms with E-state index in [1.165, 1.54) is 0 Å². The third kappa shape index (κ3) is 6.70. The Kier molecular flexibility index (Phi) is 7.55. The van der Waals surface area contributed by atoms with E-state index in [9.17, 15) is 22.8 Å². The van der Waals surface area contributed by atoms with Crippen molar-refractivity contribution in [3.8, 4) is 0 Å². The zero-order valence-electron chi connectivity index (χ0n) is 17.3. The van der Waals surface area contributed by atoms with Crippen LogP contribution >= 0.6 is 0 Å². The monoisotopic (exact) mass is 443 g/mol. The van der Waals surface area contributed by atoms with Gasteiger partial charge < -0.3 is 20.2 Å². The topological polar surface area (TPSA) is 98.7 Å². The van der Waals surface area contributed by atoms with E-state index in [1.807, 2.05) is 9.80 Å². The lowest BCUT2D eigenvalue weighted by molar-refractivity contribution is -0.144. The molecule has 2 aliphatic rings. The molecule has 3 heterocycles. The van der Waals surface area contributed by atoms with Crippen LogP contribution in [0, 0.1) is 5.92 Å². The third-order valence-electron chi connectivity index (χ3n) is 5.77. The van der Waals surface area contributed by atoms with E-state index in [-0.39, 0.29) is 18.9 Å². The molecule has 2 fully saturated rings. The Balaban J connectivity index is 1.54. The van der Waals surface area contributed by atoms with Gasteiger partial charge in [-0.15, -0.1) is 0 Å². The van der Waals surface area contributed by atoms with Crippen LogP contribution in [0.4, 0.5) is 24.8 Å². The smallest absolute Gasteiger partial charge is 0.451 e. The minimum Gasteiger partial charge on any atom is -0.480 e. The number of nitrogens with zero attached hydrogens (tertiary/aromatic N) is 4. The second-order valence-corrected chi connectivity index (χ2v) is 8.09. The highest BCUT2D eigenvalue weighted by atomic mass is 19.4. The quantitative estimate of drug-likeness (QED) is 0.637. The maximum Gasteiger partial charge on any atom is 0.451 e. The molecule has 0 aliphatic carbocycles. The molecule has 0 radical (unpaired) electrons. The Bertz CT molecular complexity index is 776. The number of aliphatic carboxylic acids is 1. The number of rotatable bonds is 8. The number of carbonyl (C=O) groups excluding carboxylic acids is 1. The Morgan fingerprint density at radius 3 is 2.19 bits per heavy atom. The van der Waals surface area contributed by atoms with Crippen LogP contribution in [-0.4, -0.2) is 59.7 Å². The molecule has 0 aromatic carbocycles. The van der Waals surface area contributed by atoms with Crippen molar-refractivity contribution in [2.45, 2.75) is 51.1 Å². The minimum absolute atomic E-state index is 0.271. The number of carboxylic acids is 1. The van der Waals surface area contributed by atoms with Gasteiger partial charge in [0.05, 0.1) is 0 Å². The highest BCUT2D eigenvalue weighted by molar-refractivity contribution is 5.80. The van der Waals surface area contributed by atoms with Crippen LogP contribution in [0.1, 0.15) is 50.8 Å². The molecule has 172 valence electrons. The van der Waals surface area contributed by atoms with E-state index in [0.29, 0.717) is 50.2 Å². The Labute approximate surface area is 178 Å². The van der Waals surface area contributed by atoms with Gasteiger partial charge in [-0.3, -0.25) is 9.59 Å². The predicted octanol–water partition coefficient (Wildman–Crippen LogP) is 2.68.